The van der Waals surface area contributed by atoms with Crippen LogP contribution in [0.2, 0.25) is 0 Å². The van der Waals surface area contributed by atoms with Gasteiger partial charge in [-0.1, -0.05) is 35.5 Å². The highest BCUT2D eigenvalue weighted by Crippen LogP contribution is 2.17. The average Bonchev–Trinajstić information content (AvgIpc) is 2.59. The molecule has 0 radical (unpaired) electrons. The molecule has 0 saturated carbocycles. The summed E-state index contributed by atoms with van der Waals surface area (Å²) in [5, 5.41) is 14.2. The molecular weight excluding hydrogens is 330 g/mol. The first-order valence-electron chi connectivity index (χ1n) is 6.98. The van der Waals surface area contributed by atoms with Gasteiger partial charge >= 0.3 is 5.97 Å². The molecule has 0 atom stereocenters. The maximum absolute atomic E-state index is 11.6. The first kappa shape index (κ1) is 17.5. The van der Waals surface area contributed by atoms with Gasteiger partial charge in [-0.2, -0.15) is 0 Å². The molecule has 7 nitrogen and oxygen atoms in total. The number of nitro benzene ring substituents is 1. The second kappa shape index (κ2) is 8.68. The number of non-ortho nitro benzene ring substituents is 1. The summed E-state index contributed by atoms with van der Waals surface area (Å²) in [7, 11) is 0. The summed E-state index contributed by atoms with van der Waals surface area (Å²) in [6.45, 7) is 0. The largest absolute Gasteiger partial charge is 0.384 e. The molecule has 0 heterocycles. The number of carbonyl (C=O) groups excluding carboxylic acids is 1. The van der Waals surface area contributed by atoms with Crippen LogP contribution in [-0.2, 0) is 16.1 Å². The van der Waals surface area contributed by atoms with Gasteiger partial charge in [0.05, 0.1) is 10.7 Å². The van der Waals surface area contributed by atoms with Crippen LogP contribution in [-0.4, -0.2) is 22.5 Å². The lowest BCUT2D eigenvalue weighted by Gasteiger charge is -2.02. The Hall–Kier alpha value is -2.87. The molecule has 2 N–H and O–H groups in total. The Balaban J connectivity index is 1.80. The van der Waals surface area contributed by atoms with E-state index in [1.54, 1.807) is 12.1 Å². The maximum atomic E-state index is 11.6. The molecule has 8 heteroatoms. The van der Waals surface area contributed by atoms with Crippen LogP contribution in [0.15, 0.2) is 64.6 Å². The van der Waals surface area contributed by atoms with Crippen LogP contribution in [0.5, 0.6) is 0 Å². The van der Waals surface area contributed by atoms with E-state index in [0.717, 1.165) is 10.5 Å². The summed E-state index contributed by atoms with van der Waals surface area (Å²) in [6.07, 6.45) is 0.233. The zero-order chi connectivity index (χ0) is 17.4. The molecule has 2 rings (SSSR count). The van der Waals surface area contributed by atoms with Crippen LogP contribution in [0.25, 0.3) is 0 Å². The summed E-state index contributed by atoms with van der Waals surface area (Å²) >= 11 is 1.34. The lowest BCUT2D eigenvalue weighted by Crippen LogP contribution is -2.17. The van der Waals surface area contributed by atoms with E-state index in [2.05, 4.69) is 5.16 Å². The van der Waals surface area contributed by atoms with Crippen molar-refractivity contribution in [2.75, 3.05) is 5.75 Å². The summed E-state index contributed by atoms with van der Waals surface area (Å²) < 4.78 is 0. The van der Waals surface area contributed by atoms with Gasteiger partial charge in [-0.3, -0.25) is 10.1 Å². The highest BCUT2D eigenvalue weighted by Gasteiger charge is 2.07. The van der Waals surface area contributed by atoms with Crippen LogP contribution >= 0.6 is 11.8 Å². The Labute approximate surface area is 142 Å². The molecule has 0 aliphatic rings. The predicted molar refractivity (Wildman–Crippen MR) is 91.7 cm³/mol. The molecule has 0 aliphatic heterocycles. The normalized spacial score (nSPS) is 11.1. The Morgan fingerprint density at radius 2 is 1.83 bits per heavy atom. The van der Waals surface area contributed by atoms with E-state index in [4.69, 9.17) is 10.6 Å². The fraction of sp³-hybridized carbons (Fsp3) is 0.125. The van der Waals surface area contributed by atoms with E-state index < -0.39 is 10.9 Å². The van der Waals surface area contributed by atoms with Gasteiger partial charge < -0.3 is 10.6 Å². The summed E-state index contributed by atoms with van der Waals surface area (Å²) in [6, 6.07) is 15.4. The molecule has 0 amide bonds. The Morgan fingerprint density at radius 1 is 1.17 bits per heavy atom. The van der Waals surface area contributed by atoms with Gasteiger partial charge in [0.25, 0.3) is 5.69 Å². The van der Waals surface area contributed by atoms with Crippen molar-refractivity contribution in [2.45, 2.75) is 11.3 Å². The molecule has 0 saturated heterocycles. The predicted octanol–water partition coefficient (Wildman–Crippen LogP) is 2.75. The fourth-order valence-corrected chi connectivity index (χ4v) is 2.46. The zero-order valence-corrected chi connectivity index (χ0v) is 13.4. The topological polar surface area (TPSA) is 108 Å². The van der Waals surface area contributed by atoms with Gasteiger partial charge in [-0.15, -0.1) is 11.8 Å². The number of nitrogens with zero attached hydrogens (tertiary/aromatic N) is 2. The van der Waals surface area contributed by atoms with Crippen LogP contribution in [0, 0.1) is 10.1 Å². The highest BCUT2D eigenvalue weighted by molar-refractivity contribution is 8.00. The van der Waals surface area contributed by atoms with Crippen molar-refractivity contribution in [2.24, 2.45) is 10.9 Å². The smallest absolute Gasteiger partial charge is 0.345 e. The van der Waals surface area contributed by atoms with E-state index in [-0.39, 0.29) is 23.7 Å². The lowest BCUT2D eigenvalue weighted by molar-refractivity contribution is -0.384. The number of thioether (sulfide) groups is 1. The molecular formula is C16H15N3O4S. The van der Waals surface area contributed by atoms with Crippen molar-refractivity contribution in [3.63, 3.8) is 0 Å². The first-order valence-corrected chi connectivity index (χ1v) is 7.96. The summed E-state index contributed by atoms with van der Waals surface area (Å²) in [4.78, 5) is 27.4. The third kappa shape index (κ3) is 5.73. The second-order valence-corrected chi connectivity index (χ2v) is 5.80. The van der Waals surface area contributed by atoms with Gasteiger partial charge in [0.15, 0.2) is 0 Å². The number of amidine groups is 1. The molecule has 124 valence electrons. The fourth-order valence-electron chi connectivity index (χ4n) is 1.77. The standard InChI is InChI=1S/C16H15N3O4S/c17-15(10-12-6-8-13(9-7-12)19(21)22)18-23-16(20)11-24-14-4-2-1-3-5-14/h1-9H,10-11H2,(H2,17,18). The SMILES string of the molecule is N/C(Cc1ccc([N+](=O)[O-])cc1)=N/OC(=O)CSc1ccccc1. The molecule has 0 unspecified atom stereocenters. The minimum atomic E-state index is -0.504. The Kier molecular flexibility index (Phi) is 6.32. The first-order chi connectivity index (χ1) is 11.5. The quantitative estimate of drug-likeness (QED) is 0.206. The van der Waals surface area contributed by atoms with Crippen LogP contribution < -0.4 is 5.73 Å². The number of carbonyl (C=O) groups is 1. The van der Waals surface area contributed by atoms with E-state index in [0.29, 0.717) is 0 Å². The highest BCUT2D eigenvalue weighted by atomic mass is 32.2. The van der Waals surface area contributed by atoms with Crippen molar-refractivity contribution >= 4 is 29.3 Å². The van der Waals surface area contributed by atoms with Crippen LogP contribution in [0.4, 0.5) is 5.69 Å². The Bertz CT molecular complexity index is 733. The number of benzene rings is 2. The molecule has 0 aliphatic carbocycles. The molecule has 2 aromatic carbocycles. The molecule has 24 heavy (non-hydrogen) atoms. The molecule has 0 aromatic heterocycles. The van der Waals surface area contributed by atoms with Crippen molar-refractivity contribution < 1.29 is 14.6 Å². The van der Waals surface area contributed by atoms with Crippen LogP contribution in [0.1, 0.15) is 5.56 Å². The second-order valence-electron chi connectivity index (χ2n) is 4.75. The summed E-state index contributed by atoms with van der Waals surface area (Å²) in [5.41, 5.74) is 6.42. The lowest BCUT2D eigenvalue weighted by atomic mass is 10.1. The number of rotatable bonds is 7. The van der Waals surface area contributed by atoms with E-state index in [9.17, 15) is 14.9 Å². The molecule has 2 aromatic rings. The maximum Gasteiger partial charge on any atom is 0.345 e. The minimum Gasteiger partial charge on any atom is -0.384 e. The van der Waals surface area contributed by atoms with Gasteiger partial charge in [0.1, 0.15) is 5.84 Å². The Morgan fingerprint density at radius 3 is 2.46 bits per heavy atom. The minimum absolute atomic E-state index is 0.00127. The molecule has 0 fully saturated rings. The third-order valence-electron chi connectivity index (χ3n) is 2.90. The third-order valence-corrected chi connectivity index (χ3v) is 3.88. The van der Waals surface area contributed by atoms with E-state index in [1.165, 1.54) is 23.9 Å². The molecule has 0 bridgehead atoms. The molecule has 0 spiro atoms. The van der Waals surface area contributed by atoms with Gasteiger partial charge in [0, 0.05) is 23.4 Å². The van der Waals surface area contributed by atoms with Crippen molar-refractivity contribution in [1.82, 2.24) is 0 Å². The van der Waals surface area contributed by atoms with Gasteiger partial charge in [0.2, 0.25) is 0 Å². The van der Waals surface area contributed by atoms with Crippen molar-refractivity contribution in [3.05, 3.63) is 70.3 Å². The van der Waals surface area contributed by atoms with Crippen molar-refractivity contribution in [3.8, 4) is 0 Å². The van der Waals surface area contributed by atoms with E-state index >= 15 is 0 Å². The average molecular weight is 345 g/mol. The van der Waals surface area contributed by atoms with Crippen molar-refractivity contribution in [1.29, 1.82) is 0 Å². The number of nitrogens with two attached hydrogens (primary N) is 1. The van der Waals surface area contributed by atoms with E-state index in [1.807, 2.05) is 30.3 Å². The monoisotopic (exact) mass is 345 g/mol. The zero-order valence-electron chi connectivity index (χ0n) is 12.6. The number of nitro groups is 1. The van der Waals surface area contributed by atoms with Gasteiger partial charge in [-0.25, -0.2) is 4.79 Å². The summed E-state index contributed by atoms with van der Waals surface area (Å²) in [5.74, 6) is -0.268. The number of hydrogen-bond acceptors (Lipinski definition) is 6. The van der Waals surface area contributed by atoms with Crippen LogP contribution in [0.3, 0.4) is 0 Å². The van der Waals surface area contributed by atoms with Gasteiger partial charge in [-0.05, 0) is 17.7 Å². The number of oxime groups is 1. The number of hydrogen-bond donors (Lipinski definition) is 1.